The molecule has 1 aromatic heterocycles. The summed E-state index contributed by atoms with van der Waals surface area (Å²) in [5.74, 6) is 0.627. The van der Waals surface area contributed by atoms with Crippen molar-refractivity contribution in [2.75, 3.05) is 43.9 Å². The smallest absolute Gasteiger partial charge is 0.254 e. The zero-order valence-electron chi connectivity index (χ0n) is 18.5. The number of nitrogens with zero attached hydrogens (tertiary/aromatic N) is 4. The Balaban J connectivity index is 1.46. The first-order chi connectivity index (χ1) is 15.9. The number of benzene rings is 1. The van der Waals surface area contributed by atoms with Gasteiger partial charge in [-0.3, -0.25) is 9.59 Å². The summed E-state index contributed by atoms with van der Waals surface area (Å²) in [6.07, 6.45) is 6.27. The highest BCUT2D eigenvalue weighted by molar-refractivity contribution is 9.10. The fourth-order valence-corrected chi connectivity index (χ4v) is 4.23. The van der Waals surface area contributed by atoms with E-state index in [9.17, 15) is 9.59 Å². The van der Waals surface area contributed by atoms with E-state index in [-0.39, 0.29) is 24.0 Å². The molecule has 2 fully saturated rings. The van der Waals surface area contributed by atoms with Gasteiger partial charge in [0.25, 0.3) is 5.91 Å². The third kappa shape index (κ3) is 5.88. The second-order valence-electron chi connectivity index (χ2n) is 8.30. The number of likely N-dealkylation sites (N-methyl/N-ethyl adjacent to an activating group) is 1. The largest absolute Gasteiger partial charge is 0.487 e. The predicted octanol–water partition coefficient (Wildman–Crippen LogP) is 2.77. The van der Waals surface area contributed by atoms with Crippen molar-refractivity contribution in [1.82, 2.24) is 19.8 Å². The van der Waals surface area contributed by atoms with Crippen molar-refractivity contribution in [2.24, 2.45) is 0 Å². The highest BCUT2D eigenvalue weighted by Crippen LogP contribution is 2.30. The maximum Gasteiger partial charge on any atom is 0.254 e. The highest BCUT2D eigenvalue weighted by atomic mass is 79.9. The fourth-order valence-electron chi connectivity index (χ4n) is 4.02. The molecule has 0 spiro atoms. The van der Waals surface area contributed by atoms with Gasteiger partial charge in [-0.05, 0) is 60.1 Å². The van der Waals surface area contributed by atoms with Crippen LogP contribution in [0.4, 0.5) is 11.6 Å². The molecule has 3 heterocycles. The van der Waals surface area contributed by atoms with Gasteiger partial charge in [-0.15, -0.1) is 0 Å². The van der Waals surface area contributed by atoms with Crippen LogP contribution in [0.5, 0.6) is 5.75 Å². The first-order valence-electron chi connectivity index (χ1n) is 10.9. The van der Waals surface area contributed by atoms with Crippen LogP contribution in [-0.4, -0.2) is 77.0 Å². The lowest BCUT2D eigenvalue weighted by Crippen LogP contribution is -2.32. The number of anilines is 2. The average Bonchev–Trinajstić information content (AvgIpc) is 3.44. The zero-order chi connectivity index (χ0) is 23.4. The Bertz CT molecular complexity index is 1030. The van der Waals surface area contributed by atoms with Gasteiger partial charge in [0, 0.05) is 50.2 Å². The molecular formula is C23H27BrN6O3. The van der Waals surface area contributed by atoms with Crippen molar-refractivity contribution in [1.29, 1.82) is 0 Å². The SMILES string of the molecule is C=CC(=O)Nc1ccc(C(=O)N2CCC(Nc3ncc(Br)cn3)C2)cc1OC1CCN(C)C1. The molecule has 2 atom stereocenters. The zero-order valence-corrected chi connectivity index (χ0v) is 20.0. The molecule has 0 aliphatic carbocycles. The van der Waals surface area contributed by atoms with Crippen LogP contribution < -0.4 is 15.4 Å². The van der Waals surface area contributed by atoms with Gasteiger partial charge >= 0.3 is 0 Å². The van der Waals surface area contributed by atoms with Crippen molar-refractivity contribution < 1.29 is 14.3 Å². The van der Waals surface area contributed by atoms with E-state index in [4.69, 9.17) is 4.74 Å². The van der Waals surface area contributed by atoms with Crippen LogP contribution >= 0.6 is 15.9 Å². The van der Waals surface area contributed by atoms with Crippen molar-refractivity contribution >= 4 is 39.4 Å². The molecule has 33 heavy (non-hydrogen) atoms. The second-order valence-corrected chi connectivity index (χ2v) is 9.22. The number of rotatable bonds is 7. The van der Waals surface area contributed by atoms with E-state index in [0.29, 0.717) is 36.0 Å². The van der Waals surface area contributed by atoms with Gasteiger partial charge in [-0.2, -0.15) is 0 Å². The van der Waals surface area contributed by atoms with Crippen LogP contribution in [-0.2, 0) is 4.79 Å². The molecule has 0 saturated carbocycles. The molecule has 2 aliphatic heterocycles. The Labute approximate surface area is 201 Å². The lowest BCUT2D eigenvalue weighted by atomic mass is 10.1. The molecule has 2 N–H and O–H groups in total. The first-order valence-corrected chi connectivity index (χ1v) is 11.7. The molecule has 0 radical (unpaired) electrons. The summed E-state index contributed by atoms with van der Waals surface area (Å²) in [5, 5.41) is 6.05. The Morgan fingerprint density at radius 2 is 2.00 bits per heavy atom. The molecule has 9 nitrogen and oxygen atoms in total. The molecule has 2 amide bonds. The number of hydrogen-bond acceptors (Lipinski definition) is 7. The molecule has 2 aliphatic rings. The Kier molecular flexibility index (Phi) is 7.24. The summed E-state index contributed by atoms with van der Waals surface area (Å²) in [4.78, 5) is 37.6. The van der Waals surface area contributed by atoms with Crippen molar-refractivity contribution in [3.05, 3.63) is 53.3 Å². The maximum absolute atomic E-state index is 13.2. The standard InChI is InChI=1S/C23H27BrN6O3/c1-3-21(31)28-19-5-4-15(10-20(19)33-18-7-8-29(2)14-18)22(32)30-9-6-17(13-30)27-23-25-11-16(24)12-26-23/h3-5,10-12,17-18H,1,6-9,13-14H2,2H3,(H,28,31)(H,25,26,27). The van der Waals surface area contributed by atoms with E-state index < -0.39 is 0 Å². The summed E-state index contributed by atoms with van der Waals surface area (Å²) in [6, 6.07) is 5.22. The fraction of sp³-hybridized carbons (Fsp3) is 0.391. The lowest BCUT2D eigenvalue weighted by molar-refractivity contribution is -0.111. The van der Waals surface area contributed by atoms with E-state index in [1.807, 2.05) is 7.05 Å². The van der Waals surface area contributed by atoms with Gasteiger partial charge in [-0.25, -0.2) is 9.97 Å². The van der Waals surface area contributed by atoms with Crippen LogP contribution in [0.25, 0.3) is 0 Å². The number of ether oxygens (including phenoxy) is 1. The summed E-state index contributed by atoms with van der Waals surface area (Å²) in [7, 11) is 2.04. The topological polar surface area (TPSA) is 99.7 Å². The van der Waals surface area contributed by atoms with Gasteiger partial charge in [0.05, 0.1) is 10.2 Å². The molecular weight excluding hydrogens is 488 g/mol. The van der Waals surface area contributed by atoms with Gasteiger partial charge < -0.3 is 25.2 Å². The Morgan fingerprint density at radius 1 is 1.21 bits per heavy atom. The molecule has 1 aromatic carbocycles. The van der Waals surface area contributed by atoms with E-state index in [2.05, 4.69) is 48.0 Å². The number of nitrogens with one attached hydrogen (secondary N) is 2. The van der Waals surface area contributed by atoms with Crippen LogP contribution in [0.1, 0.15) is 23.2 Å². The normalized spacial score (nSPS) is 20.5. The lowest BCUT2D eigenvalue weighted by Gasteiger charge is -2.20. The van der Waals surface area contributed by atoms with Crippen LogP contribution in [0.2, 0.25) is 0 Å². The number of carbonyl (C=O) groups excluding carboxylic acids is 2. The average molecular weight is 515 g/mol. The van der Waals surface area contributed by atoms with Crippen molar-refractivity contribution in [3.8, 4) is 5.75 Å². The minimum atomic E-state index is -0.328. The number of aromatic nitrogens is 2. The summed E-state index contributed by atoms with van der Waals surface area (Å²) >= 11 is 3.32. The van der Waals surface area contributed by atoms with E-state index in [0.717, 1.165) is 30.4 Å². The molecule has 2 saturated heterocycles. The van der Waals surface area contributed by atoms with Crippen molar-refractivity contribution in [2.45, 2.75) is 25.0 Å². The Morgan fingerprint density at radius 3 is 2.70 bits per heavy atom. The minimum Gasteiger partial charge on any atom is -0.487 e. The van der Waals surface area contributed by atoms with Gasteiger partial charge in [0.2, 0.25) is 11.9 Å². The number of amides is 2. The molecule has 2 unspecified atom stereocenters. The summed E-state index contributed by atoms with van der Waals surface area (Å²) in [6.45, 7) is 6.43. The minimum absolute atomic E-state index is 0.00557. The molecule has 2 aromatic rings. The third-order valence-corrected chi connectivity index (χ3v) is 6.15. The van der Waals surface area contributed by atoms with Gasteiger partial charge in [-0.1, -0.05) is 6.58 Å². The highest BCUT2D eigenvalue weighted by Gasteiger charge is 2.29. The maximum atomic E-state index is 13.2. The molecule has 10 heteroatoms. The van der Waals surface area contributed by atoms with Gasteiger partial charge in [0.15, 0.2) is 0 Å². The molecule has 174 valence electrons. The second kappa shape index (κ2) is 10.3. The van der Waals surface area contributed by atoms with E-state index in [1.54, 1.807) is 35.5 Å². The summed E-state index contributed by atoms with van der Waals surface area (Å²) < 4.78 is 7.00. The number of carbonyl (C=O) groups is 2. The summed E-state index contributed by atoms with van der Waals surface area (Å²) in [5.41, 5.74) is 1.05. The van der Waals surface area contributed by atoms with Crippen LogP contribution in [0.15, 0.2) is 47.7 Å². The van der Waals surface area contributed by atoms with Crippen LogP contribution in [0, 0.1) is 0 Å². The molecule has 4 rings (SSSR count). The third-order valence-electron chi connectivity index (χ3n) is 5.74. The number of likely N-dealkylation sites (tertiary alicyclic amines) is 2. The number of hydrogen-bond donors (Lipinski definition) is 2. The van der Waals surface area contributed by atoms with E-state index in [1.165, 1.54) is 6.08 Å². The van der Waals surface area contributed by atoms with Gasteiger partial charge in [0.1, 0.15) is 11.9 Å². The Hall–Kier alpha value is -2.98. The van der Waals surface area contributed by atoms with Crippen LogP contribution in [0.3, 0.4) is 0 Å². The quantitative estimate of drug-likeness (QED) is 0.548. The molecule has 0 bridgehead atoms. The first kappa shape index (κ1) is 23.2. The predicted molar refractivity (Wildman–Crippen MR) is 129 cm³/mol. The van der Waals surface area contributed by atoms with Crippen molar-refractivity contribution in [3.63, 3.8) is 0 Å². The monoisotopic (exact) mass is 514 g/mol. The van der Waals surface area contributed by atoms with E-state index >= 15 is 0 Å². The number of halogens is 1.